The van der Waals surface area contributed by atoms with Crippen molar-refractivity contribution in [1.82, 2.24) is 10.3 Å². The number of imide groups is 1. The number of hydrogen-bond acceptors (Lipinski definition) is 3. The van der Waals surface area contributed by atoms with Crippen molar-refractivity contribution in [2.45, 2.75) is 19.4 Å². The molecule has 2 amide bonds. The molecule has 2 aliphatic rings. The lowest BCUT2D eigenvalue weighted by Crippen LogP contribution is -2.45. The monoisotopic (exact) mass is 255 g/mol. The molecule has 96 valence electrons. The molecule has 1 saturated heterocycles. The van der Waals surface area contributed by atoms with Gasteiger partial charge in [0, 0.05) is 16.5 Å². The second kappa shape index (κ2) is 3.17. The quantitative estimate of drug-likeness (QED) is 0.619. The fourth-order valence-electron chi connectivity index (χ4n) is 3.17. The summed E-state index contributed by atoms with van der Waals surface area (Å²) in [6, 6.07) is 7.48. The van der Waals surface area contributed by atoms with E-state index in [0.29, 0.717) is 6.42 Å². The molecule has 3 N–H and O–H groups in total. The van der Waals surface area contributed by atoms with Gasteiger partial charge in [-0.2, -0.15) is 0 Å². The van der Waals surface area contributed by atoms with E-state index < -0.39 is 11.5 Å². The topological polar surface area (TPSA) is 74.0 Å². The van der Waals surface area contributed by atoms with Gasteiger partial charge in [-0.05, 0) is 19.4 Å². The lowest BCUT2D eigenvalue weighted by Gasteiger charge is -2.32. The van der Waals surface area contributed by atoms with Crippen LogP contribution >= 0.6 is 0 Å². The lowest BCUT2D eigenvalue weighted by molar-refractivity contribution is -0.128. The molecule has 1 fully saturated rings. The molecular formula is C14H13N3O2. The Morgan fingerprint density at radius 1 is 1.26 bits per heavy atom. The fraction of sp³-hybridized carbons (Fsp3) is 0.286. The number of H-pyrrole nitrogens is 1. The van der Waals surface area contributed by atoms with Crippen LogP contribution in [-0.2, 0) is 16.0 Å². The summed E-state index contributed by atoms with van der Waals surface area (Å²) in [5.41, 5.74) is 1.41. The number of benzene rings is 1. The molecule has 2 unspecified atom stereocenters. The molecule has 3 heterocycles. The Morgan fingerprint density at radius 3 is 2.89 bits per heavy atom. The van der Waals surface area contributed by atoms with Crippen molar-refractivity contribution in [3.63, 3.8) is 0 Å². The maximum Gasteiger partial charge on any atom is 0.250 e. The molecule has 1 aromatic carbocycles. The van der Waals surface area contributed by atoms with Gasteiger partial charge in [-0.1, -0.05) is 18.2 Å². The maximum absolute atomic E-state index is 12.0. The highest BCUT2D eigenvalue weighted by atomic mass is 16.2. The number of aromatic nitrogens is 1. The Kier molecular flexibility index (Phi) is 1.77. The van der Waals surface area contributed by atoms with Gasteiger partial charge in [-0.25, -0.2) is 0 Å². The highest BCUT2D eigenvalue weighted by molar-refractivity contribution is 6.12. The number of fused-ring (bicyclic) bond motifs is 4. The number of anilines is 1. The number of carbonyl (C=O) groups is 2. The highest BCUT2D eigenvalue weighted by Crippen LogP contribution is 2.42. The van der Waals surface area contributed by atoms with Crippen LogP contribution in [0.3, 0.4) is 0 Å². The van der Waals surface area contributed by atoms with Crippen molar-refractivity contribution in [3.8, 4) is 0 Å². The first-order valence-electron chi connectivity index (χ1n) is 6.31. The third-order valence-electron chi connectivity index (χ3n) is 4.30. The van der Waals surface area contributed by atoms with Gasteiger partial charge in [-0.15, -0.1) is 0 Å². The van der Waals surface area contributed by atoms with E-state index in [-0.39, 0.29) is 11.8 Å². The minimum absolute atomic E-state index is 0.189. The van der Waals surface area contributed by atoms with E-state index in [4.69, 9.17) is 0 Å². The third-order valence-corrected chi connectivity index (χ3v) is 4.30. The number of aromatic amines is 1. The minimum atomic E-state index is -0.699. The number of amides is 2. The van der Waals surface area contributed by atoms with Crippen LogP contribution in [0.1, 0.15) is 12.5 Å². The van der Waals surface area contributed by atoms with Crippen molar-refractivity contribution in [1.29, 1.82) is 0 Å². The van der Waals surface area contributed by atoms with E-state index in [1.165, 1.54) is 0 Å². The van der Waals surface area contributed by atoms with Gasteiger partial charge >= 0.3 is 0 Å². The number of hydrogen-bond donors (Lipinski definition) is 3. The van der Waals surface area contributed by atoms with Gasteiger partial charge < -0.3 is 10.3 Å². The van der Waals surface area contributed by atoms with Crippen molar-refractivity contribution in [3.05, 3.63) is 29.8 Å². The van der Waals surface area contributed by atoms with Gasteiger partial charge in [-0.3, -0.25) is 14.9 Å². The van der Waals surface area contributed by atoms with Crippen LogP contribution in [0.25, 0.3) is 10.9 Å². The molecular weight excluding hydrogens is 242 g/mol. The van der Waals surface area contributed by atoms with Crippen LogP contribution < -0.4 is 10.6 Å². The van der Waals surface area contributed by atoms with Crippen LogP contribution in [0.5, 0.6) is 0 Å². The number of nitrogens with one attached hydrogen (secondary N) is 3. The van der Waals surface area contributed by atoms with E-state index in [9.17, 15) is 9.59 Å². The van der Waals surface area contributed by atoms with Crippen molar-refractivity contribution < 1.29 is 9.59 Å². The van der Waals surface area contributed by atoms with E-state index >= 15 is 0 Å². The molecule has 19 heavy (non-hydrogen) atoms. The van der Waals surface area contributed by atoms with E-state index in [2.05, 4.69) is 15.6 Å². The largest absolute Gasteiger partial charge is 0.359 e. The van der Waals surface area contributed by atoms with Crippen LogP contribution in [0.4, 0.5) is 5.82 Å². The van der Waals surface area contributed by atoms with Crippen molar-refractivity contribution in [2.75, 3.05) is 5.32 Å². The van der Waals surface area contributed by atoms with Crippen LogP contribution in [-0.4, -0.2) is 22.8 Å². The molecule has 4 rings (SSSR count). The zero-order valence-electron chi connectivity index (χ0n) is 10.4. The van der Waals surface area contributed by atoms with Gasteiger partial charge in [0.05, 0.1) is 5.41 Å². The predicted octanol–water partition coefficient (Wildman–Crippen LogP) is 1.17. The number of rotatable bonds is 0. The lowest BCUT2D eigenvalue weighted by atomic mass is 9.76. The van der Waals surface area contributed by atoms with E-state index in [1.807, 2.05) is 31.2 Å². The third kappa shape index (κ3) is 1.19. The van der Waals surface area contributed by atoms with Gasteiger partial charge in [0.15, 0.2) is 0 Å². The summed E-state index contributed by atoms with van der Waals surface area (Å²) < 4.78 is 0. The first kappa shape index (κ1) is 10.6. The number of carbonyl (C=O) groups excluding carboxylic acids is 2. The van der Waals surface area contributed by atoms with Crippen LogP contribution in [0, 0.1) is 5.41 Å². The Balaban J connectivity index is 1.94. The Hall–Kier alpha value is -2.30. The fourth-order valence-corrected chi connectivity index (χ4v) is 3.17. The molecule has 0 aliphatic carbocycles. The zero-order chi connectivity index (χ0) is 13.2. The molecule has 0 radical (unpaired) electrons. The zero-order valence-corrected chi connectivity index (χ0v) is 10.4. The normalized spacial score (nSPS) is 28.8. The summed E-state index contributed by atoms with van der Waals surface area (Å²) in [6.07, 6.45) is 0.571. The Bertz CT molecular complexity index is 733. The molecule has 2 atom stereocenters. The summed E-state index contributed by atoms with van der Waals surface area (Å²) in [5, 5.41) is 6.71. The average Bonchev–Trinajstić information content (AvgIpc) is 2.84. The predicted molar refractivity (Wildman–Crippen MR) is 70.7 cm³/mol. The van der Waals surface area contributed by atoms with E-state index in [0.717, 1.165) is 22.3 Å². The second-order valence-electron chi connectivity index (χ2n) is 5.51. The molecule has 0 spiro atoms. The standard InChI is InChI=1S/C14H13N3O2/c1-14-6-8-7-4-2-3-5-9(7)15-11(8)16-10(14)12(18)17-13(14)19/h2-5,10,15-16H,6H2,1H3,(H,17,18,19). The molecule has 2 aliphatic heterocycles. The molecule has 0 bridgehead atoms. The SMILES string of the molecule is CC12Cc3c([nH]c4ccccc34)NC1C(=O)NC2=O. The summed E-state index contributed by atoms with van der Waals surface area (Å²) in [4.78, 5) is 27.1. The van der Waals surface area contributed by atoms with Gasteiger partial charge in [0.25, 0.3) is 0 Å². The summed E-state index contributed by atoms with van der Waals surface area (Å²) in [7, 11) is 0. The first-order valence-corrected chi connectivity index (χ1v) is 6.31. The molecule has 5 nitrogen and oxygen atoms in total. The smallest absolute Gasteiger partial charge is 0.250 e. The minimum Gasteiger partial charge on any atom is -0.359 e. The van der Waals surface area contributed by atoms with Gasteiger partial charge in [0.1, 0.15) is 11.9 Å². The average molecular weight is 255 g/mol. The Labute approximate surface area is 109 Å². The summed E-state index contributed by atoms with van der Waals surface area (Å²) in [6.45, 7) is 1.84. The van der Waals surface area contributed by atoms with Gasteiger partial charge in [0.2, 0.25) is 11.8 Å². The van der Waals surface area contributed by atoms with Crippen molar-refractivity contribution in [2.24, 2.45) is 5.41 Å². The van der Waals surface area contributed by atoms with Crippen LogP contribution in [0.2, 0.25) is 0 Å². The molecule has 1 aromatic heterocycles. The van der Waals surface area contributed by atoms with Crippen LogP contribution in [0.15, 0.2) is 24.3 Å². The molecule has 5 heteroatoms. The Morgan fingerprint density at radius 2 is 2.05 bits per heavy atom. The first-order chi connectivity index (χ1) is 9.09. The summed E-state index contributed by atoms with van der Waals surface area (Å²) in [5.74, 6) is 0.427. The molecule has 0 saturated carbocycles. The van der Waals surface area contributed by atoms with E-state index in [1.54, 1.807) is 0 Å². The highest BCUT2D eigenvalue weighted by Gasteiger charge is 2.54. The second-order valence-corrected chi connectivity index (χ2v) is 5.51. The number of para-hydroxylation sites is 1. The summed E-state index contributed by atoms with van der Waals surface area (Å²) >= 11 is 0. The molecule has 2 aromatic rings. The van der Waals surface area contributed by atoms with Crippen molar-refractivity contribution >= 4 is 28.5 Å². The maximum atomic E-state index is 12.0.